The van der Waals surface area contributed by atoms with Gasteiger partial charge in [-0.25, -0.2) is 4.98 Å². The zero-order chi connectivity index (χ0) is 13.7. The number of carbonyl (C=O) groups excluding carboxylic acids is 1. The molecule has 19 heavy (non-hydrogen) atoms. The maximum absolute atomic E-state index is 11.6. The highest BCUT2D eigenvalue weighted by Crippen LogP contribution is 2.24. The first-order valence-electron chi connectivity index (χ1n) is 6.21. The quantitative estimate of drug-likeness (QED) is 0.881. The summed E-state index contributed by atoms with van der Waals surface area (Å²) in [5, 5.41) is 5.87. The van der Waals surface area contributed by atoms with Crippen molar-refractivity contribution in [3.8, 4) is 10.6 Å². The van der Waals surface area contributed by atoms with E-state index in [2.05, 4.69) is 10.3 Å². The Morgan fingerprint density at radius 2 is 2.11 bits per heavy atom. The van der Waals surface area contributed by atoms with Crippen LogP contribution in [0, 0.1) is 6.92 Å². The van der Waals surface area contributed by atoms with Gasteiger partial charge in [-0.3, -0.25) is 4.79 Å². The molecule has 1 aromatic carbocycles. The van der Waals surface area contributed by atoms with Gasteiger partial charge in [-0.1, -0.05) is 0 Å². The molecule has 0 bridgehead atoms. The molecule has 100 valence electrons. The van der Waals surface area contributed by atoms with Crippen LogP contribution in [0.1, 0.15) is 18.5 Å². The first-order valence-corrected chi connectivity index (χ1v) is 7.09. The summed E-state index contributed by atoms with van der Waals surface area (Å²) in [5.41, 5.74) is 8.27. The fourth-order valence-corrected chi connectivity index (χ4v) is 2.47. The Morgan fingerprint density at radius 1 is 1.37 bits per heavy atom. The molecule has 0 atom stereocenters. The lowest BCUT2D eigenvalue weighted by molar-refractivity contribution is -0.116. The Hall–Kier alpha value is -1.72. The summed E-state index contributed by atoms with van der Waals surface area (Å²) in [4.78, 5) is 16.0. The Labute approximate surface area is 116 Å². The molecular formula is C14H17N3OS. The highest BCUT2D eigenvalue weighted by Gasteiger charge is 2.04. The molecular weight excluding hydrogens is 258 g/mol. The van der Waals surface area contributed by atoms with Crippen LogP contribution in [0.5, 0.6) is 0 Å². The van der Waals surface area contributed by atoms with Gasteiger partial charge >= 0.3 is 0 Å². The van der Waals surface area contributed by atoms with Crippen molar-refractivity contribution in [2.45, 2.75) is 19.8 Å². The van der Waals surface area contributed by atoms with Gasteiger partial charge in [0.25, 0.3) is 0 Å². The van der Waals surface area contributed by atoms with Gasteiger partial charge in [-0.15, -0.1) is 11.3 Å². The molecule has 0 aliphatic rings. The number of rotatable bonds is 5. The third kappa shape index (κ3) is 3.87. The predicted octanol–water partition coefficient (Wildman–Crippen LogP) is 2.80. The summed E-state index contributed by atoms with van der Waals surface area (Å²) >= 11 is 1.62. The van der Waals surface area contributed by atoms with Crippen LogP contribution in [0.15, 0.2) is 29.6 Å². The fraction of sp³-hybridized carbons (Fsp3) is 0.286. The summed E-state index contributed by atoms with van der Waals surface area (Å²) in [6.45, 7) is 2.52. The molecule has 0 spiro atoms. The summed E-state index contributed by atoms with van der Waals surface area (Å²) in [5.74, 6) is 0.00305. The molecule has 0 radical (unpaired) electrons. The van der Waals surface area contributed by atoms with Crippen LogP contribution in [-0.2, 0) is 4.79 Å². The van der Waals surface area contributed by atoms with Crippen molar-refractivity contribution in [1.29, 1.82) is 0 Å². The second kappa shape index (κ2) is 6.45. The normalized spacial score (nSPS) is 10.4. The molecule has 4 nitrogen and oxygen atoms in total. The minimum absolute atomic E-state index is 0.00305. The summed E-state index contributed by atoms with van der Waals surface area (Å²) in [6, 6.07) is 7.73. The zero-order valence-corrected chi connectivity index (χ0v) is 11.7. The summed E-state index contributed by atoms with van der Waals surface area (Å²) < 4.78 is 0. The Kier molecular flexibility index (Phi) is 4.65. The lowest BCUT2D eigenvalue weighted by atomic mass is 10.2. The number of nitrogens with two attached hydrogens (primary N) is 1. The van der Waals surface area contributed by atoms with Crippen LogP contribution >= 0.6 is 11.3 Å². The number of aryl methyl sites for hydroxylation is 1. The molecule has 0 saturated heterocycles. The van der Waals surface area contributed by atoms with E-state index in [0.717, 1.165) is 22.0 Å². The maximum atomic E-state index is 11.6. The van der Waals surface area contributed by atoms with Gasteiger partial charge < -0.3 is 11.1 Å². The van der Waals surface area contributed by atoms with Crippen molar-refractivity contribution >= 4 is 22.9 Å². The average Bonchev–Trinajstić information content (AvgIpc) is 2.84. The van der Waals surface area contributed by atoms with E-state index in [9.17, 15) is 4.79 Å². The number of hydrogen-bond acceptors (Lipinski definition) is 4. The molecule has 0 fully saturated rings. The highest BCUT2D eigenvalue weighted by molar-refractivity contribution is 7.13. The number of benzene rings is 1. The molecule has 0 unspecified atom stereocenters. The molecule has 5 heteroatoms. The van der Waals surface area contributed by atoms with E-state index in [0.29, 0.717) is 19.4 Å². The van der Waals surface area contributed by atoms with Crippen LogP contribution in [0.25, 0.3) is 10.6 Å². The number of carbonyl (C=O) groups is 1. The van der Waals surface area contributed by atoms with E-state index in [1.54, 1.807) is 11.3 Å². The number of nitrogens with zero attached hydrogens (tertiary/aromatic N) is 1. The largest absolute Gasteiger partial charge is 0.330 e. The second-order valence-electron chi connectivity index (χ2n) is 4.31. The van der Waals surface area contributed by atoms with Gasteiger partial charge in [0.1, 0.15) is 5.01 Å². The van der Waals surface area contributed by atoms with Gasteiger partial charge in [-0.2, -0.15) is 0 Å². The van der Waals surface area contributed by atoms with E-state index in [1.165, 1.54) is 0 Å². The van der Waals surface area contributed by atoms with Crippen molar-refractivity contribution in [1.82, 2.24) is 4.98 Å². The van der Waals surface area contributed by atoms with Crippen molar-refractivity contribution in [3.63, 3.8) is 0 Å². The average molecular weight is 275 g/mol. The topological polar surface area (TPSA) is 68.0 Å². The first-order chi connectivity index (χ1) is 9.19. The Bertz CT molecular complexity index is 548. The van der Waals surface area contributed by atoms with E-state index in [4.69, 9.17) is 5.73 Å². The van der Waals surface area contributed by atoms with Crippen LogP contribution in [0.2, 0.25) is 0 Å². The van der Waals surface area contributed by atoms with E-state index >= 15 is 0 Å². The molecule has 2 aromatic rings. The lowest BCUT2D eigenvalue weighted by Crippen LogP contribution is -2.13. The van der Waals surface area contributed by atoms with Gasteiger partial charge in [0.15, 0.2) is 0 Å². The summed E-state index contributed by atoms with van der Waals surface area (Å²) in [6.07, 6.45) is 1.17. The zero-order valence-electron chi connectivity index (χ0n) is 10.8. The van der Waals surface area contributed by atoms with Gasteiger partial charge in [0.05, 0.1) is 0 Å². The van der Waals surface area contributed by atoms with E-state index < -0.39 is 0 Å². The van der Waals surface area contributed by atoms with Gasteiger partial charge in [0, 0.05) is 28.7 Å². The van der Waals surface area contributed by atoms with Crippen LogP contribution in [-0.4, -0.2) is 17.4 Å². The minimum atomic E-state index is 0.00305. The molecule has 1 amide bonds. The number of amides is 1. The van der Waals surface area contributed by atoms with Crippen molar-refractivity contribution < 1.29 is 4.79 Å². The smallest absolute Gasteiger partial charge is 0.224 e. The summed E-state index contributed by atoms with van der Waals surface area (Å²) in [7, 11) is 0. The first kappa shape index (κ1) is 13.7. The number of aromatic nitrogens is 1. The lowest BCUT2D eigenvalue weighted by Gasteiger charge is -2.05. The molecule has 0 aliphatic carbocycles. The number of hydrogen-bond donors (Lipinski definition) is 2. The number of thiazole rings is 1. The van der Waals surface area contributed by atoms with Gasteiger partial charge in [0.2, 0.25) is 5.91 Å². The Morgan fingerprint density at radius 3 is 2.68 bits per heavy atom. The number of anilines is 1. The van der Waals surface area contributed by atoms with Crippen molar-refractivity contribution in [2.75, 3.05) is 11.9 Å². The van der Waals surface area contributed by atoms with Crippen LogP contribution in [0.4, 0.5) is 5.69 Å². The third-order valence-electron chi connectivity index (χ3n) is 2.64. The second-order valence-corrected chi connectivity index (χ2v) is 5.17. The monoisotopic (exact) mass is 275 g/mol. The van der Waals surface area contributed by atoms with Gasteiger partial charge in [-0.05, 0) is 44.2 Å². The fourth-order valence-electron chi connectivity index (χ4n) is 1.67. The third-order valence-corrected chi connectivity index (χ3v) is 3.65. The molecule has 1 aromatic heterocycles. The van der Waals surface area contributed by atoms with Crippen molar-refractivity contribution in [3.05, 3.63) is 35.3 Å². The van der Waals surface area contributed by atoms with Crippen molar-refractivity contribution in [2.24, 2.45) is 5.73 Å². The maximum Gasteiger partial charge on any atom is 0.224 e. The molecule has 2 rings (SSSR count). The van der Waals surface area contributed by atoms with E-state index in [-0.39, 0.29) is 5.91 Å². The standard InChI is InChI=1S/C14H17N3OS/c1-10-9-19-14(16-10)11-4-6-12(7-5-11)17-13(18)3-2-8-15/h4-7,9H,2-3,8,15H2,1H3,(H,17,18). The van der Waals surface area contributed by atoms with Crippen LogP contribution < -0.4 is 11.1 Å². The molecule has 0 saturated carbocycles. The molecule has 0 aliphatic heterocycles. The minimum Gasteiger partial charge on any atom is -0.330 e. The Balaban J connectivity index is 2.00. The molecule has 1 heterocycles. The van der Waals surface area contributed by atoms with Crippen LogP contribution in [0.3, 0.4) is 0 Å². The molecule has 3 N–H and O–H groups in total. The highest BCUT2D eigenvalue weighted by atomic mass is 32.1. The number of nitrogens with one attached hydrogen (secondary N) is 1. The predicted molar refractivity (Wildman–Crippen MR) is 79.2 cm³/mol. The van der Waals surface area contributed by atoms with E-state index in [1.807, 2.05) is 36.6 Å². The SMILES string of the molecule is Cc1csc(-c2ccc(NC(=O)CCCN)cc2)n1.